The quantitative estimate of drug-likeness (QED) is 0.244. The molecule has 1 N–H and O–H groups in total. The zero-order valence-electron chi connectivity index (χ0n) is 15.4. The molecular formula is C16H17N7O2S3. The maximum atomic E-state index is 12.4. The van der Waals surface area contributed by atoms with Gasteiger partial charge in [-0.1, -0.05) is 28.0 Å². The van der Waals surface area contributed by atoms with Crippen molar-refractivity contribution in [1.29, 1.82) is 0 Å². The lowest BCUT2D eigenvalue weighted by molar-refractivity contribution is 0.0527. The summed E-state index contributed by atoms with van der Waals surface area (Å²) in [6.07, 6.45) is 7.05. The van der Waals surface area contributed by atoms with Crippen LogP contribution in [0.5, 0.6) is 0 Å². The highest BCUT2D eigenvalue weighted by Crippen LogP contribution is 2.24. The van der Waals surface area contributed by atoms with Gasteiger partial charge in [-0.3, -0.25) is 0 Å². The molecule has 0 amide bonds. The summed E-state index contributed by atoms with van der Waals surface area (Å²) in [6.45, 7) is 2.50. The molecule has 3 heterocycles. The Morgan fingerprint density at radius 2 is 1.93 bits per heavy atom. The van der Waals surface area contributed by atoms with Gasteiger partial charge in [0.05, 0.1) is 6.54 Å². The molecule has 0 saturated heterocycles. The van der Waals surface area contributed by atoms with Crippen LogP contribution < -0.4 is 5.32 Å². The van der Waals surface area contributed by atoms with Gasteiger partial charge in [-0.05, 0) is 31.0 Å². The van der Waals surface area contributed by atoms with E-state index >= 15 is 0 Å². The van der Waals surface area contributed by atoms with Crippen molar-refractivity contribution < 1.29 is 9.53 Å². The third kappa shape index (κ3) is 5.14. The van der Waals surface area contributed by atoms with Crippen LogP contribution in [0.2, 0.25) is 0 Å². The second-order valence-electron chi connectivity index (χ2n) is 5.35. The highest BCUT2D eigenvalue weighted by molar-refractivity contribution is 7.98. The zero-order valence-corrected chi connectivity index (χ0v) is 17.8. The van der Waals surface area contributed by atoms with Gasteiger partial charge in [-0.25, -0.2) is 24.7 Å². The fourth-order valence-electron chi connectivity index (χ4n) is 2.17. The summed E-state index contributed by atoms with van der Waals surface area (Å²) in [6, 6.07) is 1.84. The third-order valence-electron chi connectivity index (χ3n) is 3.42. The van der Waals surface area contributed by atoms with Crippen molar-refractivity contribution in [3.63, 3.8) is 0 Å². The van der Waals surface area contributed by atoms with Crippen LogP contribution in [0, 0.1) is 6.92 Å². The van der Waals surface area contributed by atoms with Crippen molar-refractivity contribution in [3.8, 4) is 11.3 Å². The fourth-order valence-corrected chi connectivity index (χ4v) is 3.49. The second kappa shape index (κ2) is 9.75. The number of rotatable bonds is 8. The van der Waals surface area contributed by atoms with E-state index in [0.717, 1.165) is 17.2 Å². The molecule has 0 fully saturated rings. The molecule has 0 aliphatic rings. The molecule has 0 aliphatic carbocycles. The summed E-state index contributed by atoms with van der Waals surface area (Å²) in [5, 5.41) is 8.48. The standard InChI is InChI=1S/C16H17N7O2S3/c1-9-6-11(21-16(20-9)27-3)17-4-5-25-14(24)13-12(22-23-28-13)10-7-18-15(26-2)19-8-10/h6-8H,4-5H2,1-3H3,(H,17,20,21). The number of ether oxygens (including phenoxy) is 1. The Morgan fingerprint density at radius 1 is 1.18 bits per heavy atom. The van der Waals surface area contributed by atoms with Gasteiger partial charge in [0.2, 0.25) is 0 Å². The Morgan fingerprint density at radius 3 is 2.64 bits per heavy atom. The summed E-state index contributed by atoms with van der Waals surface area (Å²) in [4.78, 5) is 29.8. The van der Waals surface area contributed by atoms with Crippen LogP contribution in [0.3, 0.4) is 0 Å². The Kier molecular flexibility index (Phi) is 7.12. The van der Waals surface area contributed by atoms with Crippen molar-refractivity contribution in [1.82, 2.24) is 29.5 Å². The molecule has 0 aliphatic heterocycles. The molecule has 28 heavy (non-hydrogen) atoms. The number of thioether (sulfide) groups is 2. The zero-order chi connectivity index (χ0) is 19.9. The number of nitrogens with zero attached hydrogens (tertiary/aromatic N) is 6. The largest absolute Gasteiger partial charge is 0.460 e. The number of anilines is 1. The van der Waals surface area contributed by atoms with Crippen LogP contribution in [-0.2, 0) is 4.74 Å². The average Bonchev–Trinajstić information content (AvgIpc) is 3.20. The number of hydrogen-bond donors (Lipinski definition) is 1. The van der Waals surface area contributed by atoms with E-state index in [-0.39, 0.29) is 6.61 Å². The van der Waals surface area contributed by atoms with Crippen molar-refractivity contribution in [2.75, 3.05) is 31.0 Å². The molecule has 0 atom stereocenters. The van der Waals surface area contributed by atoms with E-state index in [1.165, 1.54) is 23.5 Å². The van der Waals surface area contributed by atoms with E-state index in [2.05, 4.69) is 34.8 Å². The third-order valence-corrected chi connectivity index (χ3v) is 5.24. The molecule has 0 bridgehead atoms. The van der Waals surface area contributed by atoms with Crippen molar-refractivity contribution in [2.45, 2.75) is 17.2 Å². The molecule has 0 aromatic carbocycles. The van der Waals surface area contributed by atoms with Gasteiger partial charge in [0, 0.05) is 29.7 Å². The van der Waals surface area contributed by atoms with Crippen LogP contribution in [-0.4, -0.2) is 61.2 Å². The minimum Gasteiger partial charge on any atom is -0.460 e. The van der Waals surface area contributed by atoms with E-state index in [9.17, 15) is 4.79 Å². The van der Waals surface area contributed by atoms with Crippen LogP contribution in [0.1, 0.15) is 15.4 Å². The predicted octanol–water partition coefficient (Wildman–Crippen LogP) is 2.81. The van der Waals surface area contributed by atoms with Gasteiger partial charge >= 0.3 is 5.97 Å². The summed E-state index contributed by atoms with van der Waals surface area (Å²) in [7, 11) is 0. The summed E-state index contributed by atoms with van der Waals surface area (Å²) < 4.78 is 9.20. The highest BCUT2D eigenvalue weighted by atomic mass is 32.2. The van der Waals surface area contributed by atoms with Gasteiger partial charge in [-0.2, -0.15) is 0 Å². The van der Waals surface area contributed by atoms with Crippen LogP contribution in [0.25, 0.3) is 11.3 Å². The second-order valence-corrected chi connectivity index (χ2v) is 7.65. The summed E-state index contributed by atoms with van der Waals surface area (Å²) in [5.41, 5.74) is 1.92. The van der Waals surface area contributed by atoms with Gasteiger partial charge in [-0.15, -0.1) is 5.10 Å². The maximum Gasteiger partial charge on any atom is 0.352 e. The monoisotopic (exact) mass is 435 g/mol. The van der Waals surface area contributed by atoms with Crippen LogP contribution >= 0.6 is 35.1 Å². The number of carbonyl (C=O) groups is 1. The van der Waals surface area contributed by atoms with Crippen LogP contribution in [0.4, 0.5) is 5.82 Å². The number of hydrogen-bond acceptors (Lipinski definition) is 12. The van der Waals surface area contributed by atoms with E-state index in [1.807, 2.05) is 25.5 Å². The summed E-state index contributed by atoms with van der Waals surface area (Å²) >= 11 is 3.89. The van der Waals surface area contributed by atoms with Gasteiger partial charge in [0.15, 0.2) is 15.2 Å². The van der Waals surface area contributed by atoms with Crippen molar-refractivity contribution in [2.24, 2.45) is 0 Å². The van der Waals surface area contributed by atoms with Gasteiger partial charge in [0.1, 0.15) is 18.1 Å². The number of carbonyl (C=O) groups excluding carboxylic acids is 1. The molecule has 9 nitrogen and oxygen atoms in total. The van der Waals surface area contributed by atoms with E-state index in [0.29, 0.717) is 38.8 Å². The lowest BCUT2D eigenvalue weighted by Gasteiger charge is -2.08. The molecule has 3 aromatic heterocycles. The Hall–Kier alpha value is -2.31. The number of aromatic nitrogens is 6. The van der Waals surface area contributed by atoms with E-state index in [4.69, 9.17) is 4.74 Å². The van der Waals surface area contributed by atoms with E-state index < -0.39 is 5.97 Å². The van der Waals surface area contributed by atoms with E-state index in [1.54, 1.807) is 12.4 Å². The minimum atomic E-state index is -0.482. The highest BCUT2D eigenvalue weighted by Gasteiger charge is 2.20. The molecule has 12 heteroatoms. The molecule has 0 spiro atoms. The number of esters is 1. The summed E-state index contributed by atoms with van der Waals surface area (Å²) in [5.74, 6) is 0.212. The molecule has 0 saturated carbocycles. The molecular weight excluding hydrogens is 418 g/mol. The first-order valence-corrected chi connectivity index (χ1v) is 11.3. The fraction of sp³-hybridized carbons (Fsp3) is 0.312. The lowest BCUT2D eigenvalue weighted by Crippen LogP contribution is -2.15. The Bertz CT molecular complexity index is 950. The Balaban J connectivity index is 1.57. The smallest absolute Gasteiger partial charge is 0.352 e. The molecule has 146 valence electrons. The maximum absolute atomic E-state index is 12.4. The first-order chi connectivity index (χ1) is 13.6. The minimum absolute atomic E-state index is 0.176. The van der Waals surface area contributed by atoms with Crippen molar-refractivity contribution in [3.05, 3.63) is 29.0 Å². The topological polar surface area (TPSA) is 116 Å². The average molecular weight is 436 g/mol. The Labute approximate surface area is 174 Å². The lowest BCUT2D eigenvalue weighted by atomic mass is 10.2. The molecule has 0 radical (unpaired) electrons. The SMILES string of the molecule is CSc1ncc(-c2nnsc2C(=O)OCCNc2cc(C)nc(SC)n2)cn1. The predicted molar refractivity (Wildman–Crippen MR) is 110 cm³/mol. The van der Waals surface area contributed by atoms with Crippen molar-refractivity contribution >= 4 is 46.8 Å². The molecule has 3 aromatic rings. The molecule has 0 unspecified atom stereocenters. The number of aryl methyl sites for hydroxylation is 1. The number of nitrogens with one attached hydrogen (secondary N) is 1. The molecule has 3 rings (SSSR count). The van der Waals surface area contributed by atoms with Gasteiger partial charge < -0.3 is 10.1 Å². The normalized spacial score (nSPS) is 10.7. The first kappa shape index (κ1) is 20.4. The first-order valence-electron chi connectivity index (χ1n) is 8.10. The van der Waals surface area contributed by atoms with Gasteiger partial charge in [0.25, 0.3) is 0 Å². The van der Waals surface area contributed by atoms with Crippen LogP contribution in [0.15, 0.2) is 28.8 Å².